The fraction of sp³-hybridized carbons (Fsp3) is 0.903. The summed E-state index contributed by atoms with van der Waals surface area (Å²) in [6, 6.07) is 0. The summed E-state index contributed by atoms with van der Waals surface area (Å²) in [5, 5.41) is 0. The average Bonchev–Trinajstić information content (AvgIpc) is 2.88. The number of ether oxygens (including phenoxy) is 2. The van der Waals surface area contributed by atoms with Crippen LogP contribution in [0.2, 0.25) is 0 Å². The Bertz CT molecular complexity index is 667. The number of hydrogen-bond acceptors (Lipinski definition) is 7. The van der Waals surface area contributed by atoms with Crippen LogP contribution in [0.1, 0.15) is 123 Å². The lowest BCUT2D eigenvalue weighted by Gasteiger charge is -2.28. The van der Waals surface area contributed by atoms with E-state index in [1.807, 2.05) is 21.1 Å². The zero-order valence-electron chi connectivity index (χ0n) is 26.5. The van der Waals surface area contributed by atoms with E-state index in [2.05, 4.69) is 26.0 Å². The molecule has 0 aromatic rings. The van der Waals surface area contributed by atoms with E-state index >= 15 is 0 Å². The number of carbonyl (C=O) groups is 1. The molecule has 0 N–H and O–H groups in total. The third-order valence-electron chi connectivity index (χ3n) is 6.57. The number of hydrogen-bond donors (Lipinski definition) is 0. The lowest BCUT2D eigenvalue weighted by molar-refractivity contribution is -0.870. The molecule has 0 amide bonds. The van der Waals surface area contributed by atoms with Crippen molar-refractivity contribution in [1.82, 2.24) is 0 Å². The van der Waals surface area contributed by atoms with Gasteiger partial charge in [-0.25, -0.2) is 0 Å². The van der Waals surface area contributed by atoms with Crippen molar-refractivity contribution in [2.24, 2.45) is 0 Å². The zero-order chi connectivity index (χ0) is 30.0. The molecule has 0 heterocycles. The molecule has 0 saturated carbocycles. The first kappa shape index (κ1) is 39.2. The highest BCUT2D eigenvalue weighted by Crippen LogP contribution is 2.38. The van der Waals surface area contributed by atoms with Crippen molar-refractivity contribution in [3.63, 3.8) is 0 Å². The molecule has 0 fully saturated rings. The monoisotopic (exact) mass is 591 g/mol. The largest absolute Gasteiger partial charge is 0.756 e. The standard InChI is InChI=1S/C31H62NO7P/c1-6-8-10-11-12-13-14-15-16-17-18-19-20-21-23-26-36-28-30(39-31(33)24-22-9-7-2)29-38-40(34,35)37-27-25-32(3,4)5/h14-15,30H,6-13,16-29H2,1-5H3/b15-14-. The van der Waals surface area contributed by atoms with E-state index in [0.29, 0.717) is 24.1 Å². The Kier molecular flexibility index (Phi) is 25.4. The maximum Gasteiger partial charge on any atom is 0.306 e. The maximum atomic E-state index is 12.2. The molecule has 0 saturated heterocycles. The Morgan fingerprint density at radius 1 is 0.750 bits per heavy atom. The summed E-state index contributed by atoms with van der Waals surface area (Å²) < 4.78 is 33.9. The molecule has 0 radical (unpaired) electrons. The van der Waals surface area contributed by atoms with Crippen molar-refractivity contribution < 1.29 is 37.3 Å². The molecule has 9 heteroatoms. The molecule has 2 unspecified atom stereocenters. The van der Waals surface area contributed by atoms with Crippen molar-refractivity contribution in [1.29, 1.82) is 0 Å². The second-order valence-corrected chi connectivity index (χ2v) is 13.2. The smallest absolute Gasteiger partial charge is 0.306 e. The molecule has 0 aliphatic rings. The number of phosphoric acid groups is 1. The zero-order valence-corrected chi connectivity index (χ0v) is 27.4. The molecular weight excluding hydrogens is 529 g/mol. The minimum Gasteiger partial charge on any atom is -0.756 e. The predicted octanol–water partition coefficient (Wildman–Crippen LogP) is 7.35. The summed E-state index contributed by atoms with van der Waals surface area (Å²) in [4.78, 5) is 24.3. The highest BCUT2D eigenvalue weighted by molar-refractivity contribution is 7.45. The van der Waals surface area contributed by atoms with E-state index in [4.69, 9.17) is 18.5 Å². The number of carbonyl (C=O) groups excluding carboxylic acids is 1. The molecule has 0 rings (SSSR count). The number of likely N-dealkylation sites (N-methyl/N-ethyl adjacent to an activating group) is 1. The van der Waals surface area contributed by atoms with E-state index in [1.165, 1.54) is 70.6 Å². The normalized spacial score (nSPS) is 14.4. The molecule has 0 aliphatic heterocycles. The van der Waals surface area contributed by atoms with Crippen molar-refractivity contribution in [2.45, 2.75) is 129 Å². The van der Waals surface area contributed by atoms with Gasteiger partial charge < -0.3 is 27.9 Å². The molecule has 238 valence electrons. The van der Waals surface area contributed by atoms with Crippen LogP contribution in [0.25, 0.3) is 0 Å². The molecule has 2 atom stereocenters. The van der Waals surface area contributed by atoms with Gasteiger partial charge in [0.15, 0.2) is 0 Å². The Morgan fingerprint density at radius 2 is 1.30 bits per heavy atom. The van der Waals surface area contributed by atoms with Crippen LogP contribution < -0.4 is 4.89 Å². The SMILES string of the molecule is CCCCCCC/C=C\CCCCCCCCOCC(COP(=O)([O-])OCC[N+](C)(C)C)OC(=O)CCCCC. The number of phosphoric ester groups is 1. The van der Waals surface area contributed by atoms with E-state index in [1.54, 1.807) is 0 Å². The van der Waals surface area contributed by atoms with Crippen LogP contribution in [0.5, 0.6) is 0 Å². The van der Waals surface area contributed by atoms with Gasteiger partial charge in [0.25, 0.3) is 7.82 Å². The quantitative estimate of drug-likeness (QED) is 0.0295. The molecule has 0 aliphatic carbocycles. The van der Waals surface area contributed by atoms with Gasteiger partial charge in [0, 0.05) is 13.0 Å². The van der Waals surface area contributed by atoms with Crippen LogP contribution in [-0.2, 0) is 27.9 Å². The van der Waals surface area contributed by atoms with Gasteiger partial charge in [0.05, 0.1) is 34.4 Å². The van der Waals surface area contributed by atoms with Crippen LogP contribution in [-0.4, -0.2) is 70.7 Å². The van der Waals surface area contributed by atoms with Gasteiger partial charge in [0.1, 0.15) is 19.3 Å². The summed E-state index contributed by atoms with van der Waals surface area (Å²) >= 11 is 0. The van der Waals surface area contributed by atoms with E-state index in [-0.39, 0.29) is 25.8 Å². The Labute approximate surface area is 246 Å². The second-order valence-electron chi connectivity index (χ2n) is 11.8. The van der Waals surface area contributed by atoms with Crippen molar-refractivity contribution in [2.75, 3.05) is 54.1 Å². The number of rotatable bonds is 29. The minimum atomic E-state index is -4.49. The Balaban J connectivity index is 4.11. The van der Waals surface area contributed by atoms with Gasteiger partial charge in [-0.05, 0) is 38.5 Å². The summed E-state index contributed by atoms with van der Waals surface area (Å²) in [5.74, 6) is -0.362. The fourth-order valence-electron chi connectivity index (χ4n) is 4.01. The summed E-state index contributed by atoms with van der Waals surface area (Å²) in [7, 11) is 1.35. The van der Waals surface area contributed by atoms with E-state index in [9.17, 15) is 14.3 Å². The van der Waals surface area contributed by atoms with E-state index < -0.39 is 13.9 Å². The minimum absolute atomic E-state index is 0.0259. The molecule has 0 aromatic heterocycles. The number of nitrogens with zero attached hydrogens (tertiary/aromatic N) is 1. The first-order chi connectivity index (χ1) is 19.1. The second kappa shape index (κ2) is 25.9. The van der Waals surface area contributed by atoms with Gasteiger partial charge in [-0.15, -0.1) is 0 Å². The van der Waals surface area contributed by atoms with Crippen LogP contribution in [0, 0.1) is 0 Å². The Morgan fingerprint density at radius 3 is 1.90 bits per heavy atom. The highest BCUT2D eigenvalue weighted by atomic mass is 31.2. The van der Waals surface area contributed by atoms with E-state index in [0.717, 1.165) is 32.1 Å². The van der Waals surface area contributed by atoms with Crippen molar-refractivity contribution in [3.05, 3.63) is 12.2 Å². The van der Waals surface area contributed by atoms with Crippen molar-refractivity contribution in [3.8, 4) is 0 Å². The van der Waals surface area contributed by atoms with Crippen LogP contribution in [0.15, 0.2) is 12.2 Å². The number of unbranched alkanes of at least 4 members (excludes halogenated alkanes) is 13. The topological polar surface area (TPSA) is 94.1 Å². The number of esters is 1. The summed E-state index contributed by atoms with van der Waals surface area (Å²) in [6.07, 6.45) is 22.9. The fourth-order valence-corrected chi connectivity index (χ4v) is 4.74. The number of allylic oxidation sites excluding steroid dienone is 2. The molecule has 40 heavy (non-hydrogen) atoms. The highest BCUT2D eigenvalue weighted by Gasteiger charge is 2.20. The number of quaternary nitrogens is 1. The van der Waals surface area contributed by atoms with Crippen molar-refractivity contribution >= 4 is 13.8 Å². The van der Waals surface area contributed by atoms with Crippen LogP contribution >= 0.6 is 7.82 Å². The predicted molar refractivity (Wildman–Crippen MR) is 162 cm³/mol. The van der Waals surface area contributed by atoms with Gasteiger partial charge in [-0.2, -0.15) is 0 Å². The summed E-state index contributed by atoms with van der Waals surface area (Å²) in [6.45, 7) is 5.20. The molecule has 0 bridgehead atoms. The first-order valence-corrected chi connectivity index (χ1v) is 17.4. The average molecular weight is 592 g/mol. The third kappa shape index (κ3) is 28.8. The molecular formula is C31H62NO7P. The lowest BCUT2D eigenvalue weighted by Crippen LogP contribution is -2.37. The molecule has 0 aromatic carbocycles. The van der Waals surface area contributed by atoms with Crippen LogP contribution in [0.3, 0.4) is 0 Å². The van der Waals surface area contributed by atoms with Gasteiger partial charge in [-0.3, -0.25) is 9.36 Å². The van der Waals surface area contributed by atoms with Gasteiger partial charge in [0.2, 0.25) is 0 Å². The molecule has 0 spiro atoms. The Hall–Kier alpha value is -0.760. The lowest BCUT2D eigenvalue weighted by atomic mass is 10.1. The molecule has 8 nitrogen and oxygen atoms in total. The maximum absolute atomic E-state index is 12.2. The van der Waals surface area contributed by atoms with Crippen LogP contribution in [0.4, 0.5) is 0 Å². The van der Waals surface area contributed by atoms with Gasteiger partial charge >= 0.3 is 5.97 Å². The van der Waals surface area contributed by atoms with Gasteiger partial charge in [-0.1, -0.05) is 90.2 Å². The first-order valence-electron chi connectivity index (χ1n) is 15.9. The third-order valence-corrected chi connectivity index (χ3v) is 7.53. The summed E-state index contributed by atoms with van der Waals surface area (Å²) in [5.41, 5.74) is 0.